The minimum absolute atomic E-state index is 0.129. The van der Waals surface area contributed by atoms with Crippen molar-refractivity contribution in [3.05, 3.63) is 34.9 Å². The summed E-state index contributed by atoms with van der Waals surface area (Å²) >= 11 is 5.07. The number of carboxylic acid groups (broad SMARTS) is 1. The van der Waals surface area contributed by atoms with Gasteiger partial charge in [-0.15, -0.1) is 0 Å². The lowest BCUT2D eigenvalue weighted by Gasteiger charge is -2.10. The van der Waals surface area contributed by atoms with E-state index in [1.165, 1.54) is 7.11 Å². The Morgan fingerprint density at radius 1 is 1.50 bits per heavy atom. The van der Waals surface area contributed by atoms with E-state index >= 15 is 0 Å². The molecule has 0 radical (unpaired) electrons. The van der Waals surface area contributed by atoms with Crippen molar-refractivity contribution in [3.63, 3.8) is 0 Å². The maximum atomic E-state index is 10.5. The first kappa shape index (κ1) is 12.6. The summed E-state index contributed by atoms with van der Waals surface area (Å²) in [4.78, 5) is 10.5. The van der Waals surface area contributed by atoms with Gasteiger partial charge in [0, 0.05) is 12.0 Å². The largest absolute Gasteiger partial charge is 0.486 e. The predicted octanol–water partition coefficient (Wildman–Crippen LogP) is 2.33. The Kier molecular flexibility index (Phi) is 4.43. The van der Waals surface area contributed by atoms with E-state index in [1.807, 2.05) is 25.1 Å². The summed E-state index contributed by atoms with van der Waals surface area (Å²) in [6.45, 7) is 1.93. The average Bonchev–Trinajstić information content (AvgIpc) is 2.26. The van der Waals surface area contributed by atoms with Gasteiger partial charge in [0.05, 0.1) is 7.11 Å². The van der Waals surface area contributed by atoms with Gasteiger partial charge in [0.1, 0.15) is 0 Å². The summed E-state index contributed by atoms with van der Waals surface area (Å²) in [6, 6.07) is 5.66. The first-order chi connectivity index (χ1) is 7.56. The number of hydrogen-bond donors (Lipinski definition) is 1. The quantitative estimate of drug-likeness (QED) is 0.818. The Bertz CT molecular complexity index is 413. The van der Waals surface area contributed by atoms with Gasteiger partial charge in [0.2, 0.25) is 0 Å². The monoisotopic (exact) mass is 238 g/mol. The Balaban J connectivity index is 2.94. The van der Waals surface area contributed by atoms with Gasteiger partial charge in [-0.1, -0.05) is 18.2 Å². The first-order valence-electron chi connectivity index (χ1n) is 4.95. The van der Waals surface area contributed by atoms with Gasteiger partial charge in [-0.3, -0.25) is 4.79 Å². The van der Waals surface area contributed by atoms with Gasteiger partial charge in [-0.2, -0.15) is 0 Å². The number of aryl methyl sites for hydroxylation is 1. The molecule has 0 unspecified atom stereocenters. The van der Waals surface area contributed by atoms with Crippen molar-refractivity contribution < 1.29 is 14.6 Å². The molecule has 0 fully saturated rings. The number of carboxylic acids is 1. The Morgan fingerprint density at radius 2 is 2.19 bits per heavy atom. The second-order valence-corrected chi connectivity index (χ2v) is 3.85. The standard InChI is InChI=1S/C12H14O3S/c1-8-9(6-7-11(13)14)4-3-5-10(8)12(16)15-2/h3-5H,6-7H2,1-2H3,(H,13,14). The molecule has 1 rings (SSSR count). The topological polar surface area (TPSA) is 46.5 Å². The van der Waals surface area contributed by atoms with Crippen LogP contribution in [0.15, 0.2) is 18.2 Å². The smallest absolute Gasteiger partial charge is 0.303 e. The van der Waals surface area contributed by atoms with E-state index in [4.69, 9.17) is 22.1 Å². The first-order valence-corrected chi connectivity index (χ1v) is 5.35. The summed E-state index contributed by atoms with van der Waals surface area (Å²) in [5, 5.41) is 9.08. The van der Waals surface area contributed by atoms with Crippen LogP contribution in [-0.2, 0) is 16.0 Å². The van der Waals surface area contributed by atoms with Crippen molar-refractivity contribution in [1.82, 2.24) is 0 Å². The van der Waals surface area contributed by atoms with Crippen LogP contribution in [0.4, 0.5) is 0 Å². The number of thiocarbonyl (C=S) groups is 1. The SMILES string of the molecule is COC(=S)c1cccc(CCC(=O)O)c1C. The lowest BCUT2D eigenvalue weighted by atomic mass is 9.99. The third-order valence-electron chi connectivity index (χ3n) is 2.46. The van der Waals surface area contributed by atoms with E-state index in [9.17, 15) is 4.79 Å². The number of carbonyl (C=O) groups is 1. The normalized spacial score (nSPS) is 9.88. The molecule has 0 aromatic heterocycles. The summed E-state index contributed by atoms with van der Waals surface area (Å²) in [6.07, 6.45) is 0.644. The van der Waals surface area contributed by atoms with E-state index in [-0.39, 0.29) is 6.42 Å². The van der Waals surface area contributed by atoms with Gasteiger partial charge < -0.3 is 9.84 Å². The van der Waals surface area contributed by atoms with Crippen LogP contribution < -0.4 is 0 Å². The van der Waals surface area contributed by atoms with Crippen molar-refractivity contribution in [1.29, 1.82) is 0 Å². The molecule has 1 aromatic rings. The highest BCUT2D eigenvalue weighted by molar-refractivity contribution is 7.80. The van der Waals surface area contributed by atoms with Crippen LogP contribution in [0.3, 0.4) is 0 Å². The molecular weight excluding hydrogens is 224 g/mol. The van der Waals surface area contributed by atoms with Crippen molar-refractivity contribution in [2.45, 2.75) is 19.8 Å². The highest BCUT2D eigenvalue weighted by atomic mass is 32.1. The molecule has 1 N–H and O–H groups in total. The number of methoxy groups -OCH3 is 1. The fourth-order valence-corrected chi connectivity index (χ4v) is 1.75. The Labute approximate surface area is 100 Å². The van der Waals surface area contributed by atoms with Crippen LogP contribution in [-0.4, -0.2) is 23.2 Å². The van der Waals surface area contributed by atoms with Crippen LogP contribution in [0.2, 0.25) is 0 Å². The van der Waals surface area contributed by atoms with Gasteiger partial charge in [0.15, 0.2) is 5.05 Å². The van der Waals surface area contributed by atoms with Gasteiger partial charge in [-0.05, 0) is 36.7 Å². The molecule has 1 aromatic carbocycles. The molecule has 0 saturated heterocycles. The summed E-state index contributed by atoms with van der Waals surface area (Å²) < 4.78 is 5.01. The maximum absolute atomic E-state index is 10.5. The Hall–Kier alpha value is -1.42. The molecule has 0 amide bonds. The fourth-order valence-electron chi connectivity index (χ4n) is 1.53. The van der Waals surface area contributed by atoms with Gasteiger partial charge >= 0.3 is 5.97 Å². The second-order valence-electron chi connectivity index (χ2n) is 3.48. The molecule has 16 heavy (non-hydrogen) atoms. The van der Waals surface area contributed by atoms with Crippen LogP contribution >= 0.6 is 12.2 Å². The van der Waals surface area contributed by atoms with Crippen molar-refractivity contribution >= 4 is 23.2 Å². The van der Waals surface area contributed by atoms with E-state index in [0.717, 1.165) is 16.7 Å². The minimum Gasteiger partial charge on any atom is -0.486 e. The molecule has 0 spiro atoms. The zero-order valence-electron chi connectivity index (χ0n) is 9.32. The van der Waals surface area contributed by atoms with Crippen molar-refractivity contribution in [3.8, 4) is 0 Å². The predicted molar refractivity (Wildman–Crippen MR) is 65.8 cm³/mol. The summed E-state index contributed by atoms with van der Waals surface area (Å²) in [5.41, 5.74) is 2.86. The summed E-state index contributed by atoms with van der Waals surface area (Å²) in [5.74, 6) is -0.792. The third kappa shape index (κ3) is 3.03. The van der Waals surface area contributed by atoms with Crippen LogP contribution in [0.1, 0.15) is 23.1 Å². The third-order valence-corrected chi connectivity index (χ3v) is 2.85. The molecule has 0 saturated carbocycles. The zero-order valence-corrected chi connectivity index (χ0v) is 10.1. The minimum atomic E-state index is -0.792. The lowest BCUT2D eigenvalue weighted by Crippen LogP contribution is -2.06. The molecule has 3 nitrogen and oxygen atoms in total. The number of benzene rings is 1. The number of rotatable bonds is 4. The van der Waals surface area contributed by atoms with E-state index in [1.54, 1.807) is 0 Å². The van der Waals surface area contributed by atoms with Gasteiger partial charge in [0.25, 0.3) is 0 Å². The molecule has 4 heteroatoms. The molecule has 0 atom stereocenters. The van der Waals surface area contributed by atoms with Crippen LogP contribution in [0.25, 0.3) is 0 Å². The van der Waals surface area contributed by atoms with Crippen LogP contribution in [0.5, 0.6) is 0 Å². The number of aliphatic carboxylic acids is 1. The van der Waals surface area contributed by atoms with E-state index in [2.05, 4.69) is 0 Å². The molecule has 0 aliphatic rings. The zero-order chi connectivity index (χ0) is 12.1. The number of hydrogen-bond acceptors (Lipinski definition) is 3. The van der Waals surface area contributed by atoms with E-state index in [0.29, 0.717) is 11.5 Å². The van der Waals surface area contributed by atoms with E-state index < -0.39 is 5.97 Å². The highest BCUT2D eigenvalue weighted by Crippen LogP contribution is 2.16. The molecule has 0 heterocycles. The molecule has 0 aliphatic heterocycles. The van der Waals surface area contributed by atoms with Crippen LogP contribution in [0, 0.1) is 6.92 Å². The summed E-state index contributed by atoms with van der Waals surface area (Å²) in [7, 11) is 1.53. The molecule has 86 valence electrons. The molecular formula is C12H14O3S. The van der Waals surface area contributed by atoms with Crippen molar-refractivity contribution in [2.24, 2.45) is 0 Å². The maximum Gasteiger partial charge on any atom is 0.303 e. The Morgan fingerprint density at radius 3 is 2.75 bits per heavy atom. The molecule has 0 aliphatic carbocycles. The molecule has 0 bridgehead atoms. The second kappa shape index (κ2) is 5.61. The van der Waals surface area contributed by atoms with Crippen molar-refractivity contribution in [2.75, 3.05) is 7.11 Å². The van der Waals surface area contributed by atoms with Gasteiger partial charge in [-0.25, -0.2) is 0 Å². The number of ether oxygens (including phenoxy) is 1. The fraction of sp³-hybridized carbons (Fsp3) is 0.333. The highest BCUT2D eigenvalue weighted by Gasteiger charge is 2.09. The lowest BCUT2D eigenvalue weighted by molar-refractivity contribution is -0.136. The average molecular weight is 238 g/mol.